The third-order valence-corrected chi connectivity index (χ3v) is 8.61. The molecule has 48 heavy (non-hydrogen) atoms. The van der Waals surface area contributed by atoms with Crippen molar-refractivity contribution in [2.24, 2.45) is 17.8 Å². The molecule has 0 saturated heterocycles. The highest BCUT2D eigenvalue weighted by molar-refractivity contribution is 5.93. The number of hydrogen-bond acceptors (Lipinski definition) is 7. The molecule has 2 saturated carbocycles. The quantitative estimate of drug-likeness (QED) is 0.125. The summed E-state index contributed by atoms with van der Waals surface area (Å²) in [6.45, 7) is 4.58. The first-order valence-corrected chi connectivity index (χ1v) is 16.9. The van der Waals surface area contributed by atoms with Gasteiger partial charge >= 0.3 is 5.97 Å². The Balaban J connectivity index is 1.33. The van der Waals surface area contributed by atoms with Gasteiger partial charge in [0, 0.05) is 19.5 Å². The lowest BCUT2D eigenvalue weighted by molar-refractivity contribution is -0.142. The number of aromatic hydroxyl groups is 1. The van der Waals surface area contributed by atoms with Crippen LogP contribution in [0.5, 0.6) is 5.75 Å². The fourth-order valence-corrected chi connectivity index (χ4v) is 5.63. The Bertz CT molecular complexity index is 1380. The van der Waals surface area contributed by atoms with Gasteiger partial charge in [-0.3, -0.25) is 24.1 Å². The third kappa shape index (κ3) is 12.6. The monoisotopic (exact) mass is 663 g/mol. The second-order valence-corrected chi connectivity index (χ2v) is 13.6. The van der Waals surface area contributed by atoms with Crippen LogP contribution in [0, 0.1) is 17.8 Å². The van der Waals surface area contributed by atoms with Gasteiger partial charge in [-0.25, -0.2) is 4.79 Å². The number of rotatable bonds is 20. The molecule has 3 atom stereocenters. The topological polar surface area (TPSA) is 177 Å². The lowest BCUT2D eigenvalue weighted by Gasteiger charge is -2.31. The largest absolute Gasteiger partial charge is 0.508 e. The van der Waals surface area contributed by atoms with E-state index in [9.17, 15) is 34.2 Å². The highest BCUT2D eigenvalue weighted by Gasteiger charge is 2.35. The van der Waals surface area contributed by atoms with E-state index in [1.54, 1.807) is 48.5 Å². The van der Waals surface area contributed by atoms with Crippen molar-refractivity contribution in [3.05, 3.63) is 65.7 Å². The molecule has 0 aliphatic heterocycles. The molecule has 12 nitrogen and oxygen atoms in total. The Labute approximate surface area is 282 Å². The van der Waals surface area contributed by atoms with Crippen molar-refractivity contribution >= 4 is 29.6 Å². The summed E-state index contributed by atoms with van der Waals surface area (Å²) in [4.78, 5) is 66.4. The number of carboxylic acids is 1. The first-order valence-electron chi connectivity index (χ1n) is 16.9. The molecule has 4 rings (SSSR count). The van der Waals surface area contributed by atoms with Gasteiger partial charge in [0.05, 0.1) is 19.1 Å². The zero-order chi connectivity index (χ0) is 34.6. The van der Waals surface area contributed by atoms with Gasteiger partial charge in [0.15, 0.2) is 0 Å². The van der Waals surface area contributed by atoms with Gasteiger partial charge in [0.25, 0.3) is 0 Å². The van der Waals surface area contributed by atoms with Gasteiger partial charge in [-0.05, 0) is 79.5 Å². The summed E-state index contributed by atoms with van der Waals surface area (Å²) in [6.07, 6.45) is 5.35. The Hall–Kier alpha value is -4.45. The average Bonchev–Trinajstić information content (AvgIpc) is 3.99. The molecular weight excluding hydrogens is 614 g/mol. The van der Waals surface area contributed by atoms with Crippen LogP contribution in [-0.4, -0.2) is 89.0 Å². The number of carbonyl (C=O) groups is 5. The molecule has 0 heterocycles. The van der Waals surface area contributed by atoms with Crippen LogP contribution in [0.1, 0.15) is 57.1 Å². The number of carboxylic acid groups (broad SMARTS) is 1. The molecule has 6 N–H and O–H groups in total. The minimum Gasteiger partial charge on any atom is -0.508 e. The van der Waals surface area contributed by atoms with Crippen molar-refractivity contribution in [3.8, 4) is 5.75 Å². The number of nitrogens with one attached hydrogen (secondary N) is 4. The summed E-state index contributed by atoms with van der Waals surface area (Å²) < 4.78 is 0. The average molecular weight is 664 g/mol. The van der Waals surface area contributed by atoms with E-state index in [1.807, 2.05) is 19.9 Å². The van der Waals surface area contributed by atoms with Gasteiger partial charge in [-0.2, -0.15) is 0 Å². The predicted octanol–water partition coefficient (Wildman–Crippen LogP) is 2.00. The van der Waals surface area contributed by atoms with Crippen molar-refractivity contribution < 1.29 is 34.2 Å². The molecule has 0 radical (unpaired) electrons. The lowest BCUT2D eigenvalue weighted by atomic mass is 10.0. The number of phenols is 1. The molecule has 2 fully saturated rings. The van der Waals surface area contributed by atoms with Gasteiger partial charge in [0.2, 0.25) is 23.6 Å². The number of aliphatic carboxylic acids is 1. The van der Waals surface area contributed by atoms with E-state index in [0.717, 1.165) is 49.9 Å². The normalized spacial score (nSPS) is 16.1. The molecular formula is C36H49N5O7. The second kappa shape index (κ2) is 17.6. The number of carbonyl (C=O) groups excluding carboxylic acids is 4. The van der Waals surface area contributed by atoms with E-state index in [-0.39, 0.29) is 37.0 Å². The number of amides is 4. The van der Waals surface area contributed by atoms with Gasteiger partial charge < -0.3 is 31.5 Å². The maximum absolute atomic E-state index is 13.6. The molecule has 2 aromatic rings. The molecule has 2 aliphatic carbocycles. The van der Waals surface area contributed by atoms with Crippen molar-refractivity contribution in [1.82, 2.24) is 26.2 Å². The fourth-order valence-electron chi connectivity index (χ4n) is 5.63. The zero-order valence-corrected chi connectivity index (χ0v) is 27.8. The molecule has 0 unspecified atom stereocenters. The summed E-state index contributed by atoms with van der Waals surface area (Å²) in [6, 6.07) is 13.1. The van der Waals surface area contributed by atoms with Crippen LogP contribution in [0.2, 0.25) is 0 Å². The zero-order valence-electron chi connectivity index (χ0n) is 27.8. The predicted molar refractivity (Wildman–Crippen MR) is 180 cm³/mol. The molecule has 4 amide bonds. The van der Waals surface area contributed by atoms with E-state index in [1.165, 1.54) is 0 Å². The summed E-state index contributed by atoms with van der Waals surface area (Å²) >= 11 is 0. The first kappa shape index (κ1) is 36.4. The smallest absolute Gasteiger partial charge is 0.326 e. The van der Waals surface area contributed by atoms with Crippen LogP contribution < -0.4 is 21.3 Å². The molecule has 2 aliphatic rings. The number of phenolic OH excluding ortho intramolecular Hbond substituents is 1. The molecule has 12 heteroatoms. The maximum Gasteiger partial charge on any atom is 0.326 e. The van der Waals surface area contributed by atoms with Gasteiger partial charge in [-0.15, -0.1) is 0 Å². The standard InChI is InChI=1S/C36H49N5O7/c1-23(2)16-30(36(47)48)40-34(45)29(17-24-6-4-3-5-7-24)39-33(44)20-37-32(43)19-38-35(46)31(18-25-12-14-28(42)15-13-25)41(21-26-8-9-26)22-27-10-11-27/h3-7,12-15,23,26-27,29-31,42H,8-11,16-22H2,1-2H3,(H,37,43)(H,38,46)(H,39,44)(H,40,45)(H,47,48)/t29-,30-,31-/m0/s1. The highest BCUT2D eigenvalue weighted by Crippen LogP contribution is 2.35. The van der Waals surface area contributed by atoms with Crippen molar-refractivity contribution in [2.45, 2.75) is 76.9 Å². The van der Waals surface area contributed by atoms with Crippen LogP contribution in [0.15, 0.2) is 54.6 Å². The highest BCUT2D eigenvalue weighted by atomic mass is 16.4. The molecule has 0 bridgehead atoms. The number of nitrogens with zero attached hydrogens (tertiary/aromatic N) is 1. The van der Waals surface area contributed by atoms with Gasteiger partial charge in [-0.1, -0.05) is 56.3 Å². The van der Waals surface area contributed by atoms with E-state index in [2.05, 4.69) is 26.2 Å². The summed E-state index contributed by atoms with van der Waals surface area (Å²) in [5, 5.41) is 29.7. The van der Waals surface area contributed by atoms with E-state index >= 15 is 0 Å². The maximum atomic E-state index is 13.6. The van der Waals surface area contributed by atoms with Crippen molar-refractivity contribution in [3.63, 3.8) is 0 Å². The number of hydrogen-bond donors (Lipinski definition) is 6. The lowest BCUT2D eigenvalue weighted by Crippen LogP contribution is -2.54. The number of benzene rings is 2. The Kier molecular flexibility index (Phi) is 13.4. The second-order valence-electron chi connectivity index (χ2n) is 13.6. The summed E-state index contributed by atoms with van der Waals surface area (Å²) in [7, 11) is 0. The summed E-state index contributed by atoms with van der Waals surface area (Å²) in [5.41, 5.74) is 1.67. The minimum atomic E-state index is -1.16. The first-order chi connectivity index (χ1) is 23.0. The van der Waals surface area contributed by atoms with Crippen LogP contribution >= 0.6 is 0 Å². The van der Waals surface area contributed by atoms with Crippen LogP contribution in [0.4, 0.5) is 0 Å². The molecule has 0 spiro atoms. The summed E-state index contributed by atoms with van der Waals surface area (Å²) in [5.74, 6) is -1.97. The van der Waals surface area contributed by atoms with E-state index in [0.29, 0.717) is 18.3 Å². The molecule has 260 valence electrons. The Morgan fingerprint density at radius 3 is 1.88 bits per heavy atom. The third-order valence-electron chi connectivity index (χ3n) is 8.61. The minimum absolute atomic E-state index is 0.0202. The van der Waals surface area contributed by atoms with Crippen LogP contribution in [-0.2, 0) is 36.8 Å². The van der Waals surface area contributed by atoms with Crippen LogP contribution in [0.3, 0.4) is 0 Å². The van der Waals surface area contributed by atoms with Gasteiger partial charge in [0.1, 0.15) is 17.8 Å². The Morgan fingerprint density at radius 2 is 1.31 bits per heavy atom. The molecule has 0 aromatic heterocycles. The van der Waals surface area contributed by atoms with Crippen molar-refractivity contribution in [2.75, 3.05) is 26.2 Å². The van der Waals surface area contributed by atoms with E-state index in [4.69, 9.17) is 0 Å². The fraction of sp³-hybridized carbons (Fsp3) is 0.528. The van der Waals surface area contributed by atoms with E-state index < -0.39 is 48.4 Å². The van der Waals surface area contributed by atoms with Crippen molar-refractivity contribution in [1.29, 1.82) is 0 Å². The van der Waals surface area contributed by atoms with Crippen LogP contribution in [0.25, 0.3) is 0 Å². The molecule has 2 aromatic carbocycles. The Morgan fingerprint density at radius 1 is 0.729 bits per heavy atom. The SMILES string of the molecule is CC(C)C[C@H](NC(=O)[C@H](Cc1ccccc1)NC(=O)CNC(=O)CNC(=O)[C@H](Cc1ccc(O)cc1)N(CC1CC1)CC1CC1)C(=O)O.